The summed E-state index contributed by atoms with van der Waals surface area (Å²) >= 11 is 0. The largest absolute Gasteiger partial charge is 0.444 e. The van der Waals surface area contributed by atoms with Crippen LogP contribution >= 0.6 is 0 Å². The molecule has 0 radical (unpaired) electrons. The van der Waals surface area contributed by atoms with Gasteiger partial charge >= 0.3 is 6.09 Å². The molecule has 4 heteroatoms. The van der Waals surface area contributed by atoms with E-state index in [1.54, 1.807) is 0 Å². The van der Waals surface area contributed by atoms with Crippen LogP contribution in [0.2, 0.25) is 0 Å². The van der Waals surface area contributed by atoms with Crippen LogP contribution in [0.3, 0.4) is 0 Å². The third-order valence-corrected chi connectivity index (χ3v) is 4.40. The molecule has 0 spiro atoms. The van der Waals surface area contributed by atoms with Gasteiger partial charge in [0.15, 0.2) is 0 Å². The van der Waals surface area contributed by atoms with Gasteiger partial charge in [0.2, 0.25) is 0 Å². The van der Waals surface area contributed by atoms with E-state index in [4.69, 9.17) is 4.74 Å². The summed E-state index contributed by atoms with van der Waals surface area (Å²) in [5.74, 6) is 0.753. The highest BCUT2D eigenvalue weighted by atomic mass is 16.6. The molecule has 0 aromatic heterocycles. The molecule has 1 aliphatic carbocycles. The first-order valence-electron chi connectivity index (χ1n) is 8.80. The third-order valence-electron chi connectivity index (χ3n) is 4.40. The molecule has 22 heavy (non-hydrogen) atoms. The summed E-state index contributed by atoms with van der Waals surface area (Å²) in [7, 11) is 0. The predicted molar refractivity (Wildman–Crippen MR) is 89.9 cm³/mol. The molecular weight excluding hydrogens is 276 g/mol. The molecule has 1 saturated heterocycles. The van der Waals surface area contributed by atoms with Gasteiger partial charge in [0, 0.05) is 19.1 Å². The Labute approximate surface area is 135 Å². The second kappa shape index (κ2) is 8.00. The second-order valence-electron chi connectivity index (χ2n) is 7.68. The summed E-state index contributed by atoms with van der Waals surface area (Å²) in [5, 5.41) is 3.70. The summed E-state index contributed by atoms with van der Waals surface area (Å²) in [6.07, 6.45) is 11.5. The number of rotatable bonds is 3. The zero-order valence-electron chi connectivity index (χ0n) is 14.4. The molecule has 1 heterocycles. The van der Waals surface area contributed by atoms with Gasteiger partial charge in [0.1, 0.15) is 5.60 Å². The normalized spacial score (nSPS) is 26.6. The Balaban J connectivity index is 1.81. The molecule has 1 amide bonds. The van der Waals surface area contributed by atoms with E-state index in [9.17, 15) is 4.79 Å². The molecule has 4 nitrogen and oxygen atoms in total. The van der Waals surface area contributed by atoms with Gasteiger partial charge in [-0.15, -0.1) is 0 Å². The van der Waals surface area contributed by atoms with Crippen molar-refractivity contribution in [2.75, 3.05) is 19.6 Å². The number of carbonyl (C=O) groups excluding carboxylic acids is 1. The molecule has 2 unspecified atom stereocenters. The van der Waals surface area contributed by atoms with E-state index < -0.39 is 5.60 Å². The minimum atomic E-state index is -0.416. The summed E-state index contributed by atoms with van der Waals surface area (Å²) < 4.78 is 5.53. The molecule has 2 atom stereocenters. The van der Waals surface area contributed by atoms with Gasteiger partial charge in [0.05, 0.1) is 0 Å². The van der Waals surface area contributed by atoms with Crippen molar-refractivity contribution in [2.45, 2.75) is 70.9 Å². The quantitative estimate of drug-likeness (QED) is 0.808. The van der Waals surface area contributed by atoms with Crippen molar-refractivity contribution in [1.29, 1.82) is 0 Å². The number of nitrogens with one attached hydrogen (secondary N) is 1. The van der Waals surface area contributed by atoms with E-state index in [2.05, 4.69) is 17.5 Å². The van der Waals surface area contributed by atoms with Gasteiger partial charge in [-0.25, -0.2) is 4.79 Å². The fraction of sp³-hybridized carbons (Fsp3) is 0.833. The lowest BCUT2D eigenvalue weighted by atomic mass is 9.94. The van der Waals surface area contributed by atoms with Gasteiger partial charge in [-0.1, -0.05) is 18.6 Å². The number of amides is 1. The first kappa shape index (κ1) is 17.3. The van der Waals surface area contributed by atoms with Crippen LogP contribution in [0.25, 0.3) is 0 Å². The molecule has 2 aliphatic rings. The number of likely N-dealkylation sites (tertiary alicyclic amines) is 1. The summed E-state index contributed by atoms with van der Waals surface area (Å²) in [6.45, 7) is 8.44. The van der Waals surface area contributed by atoms with E-state index in [1.807, 2.05) is 25.7 Å². The number of ether oxygens (including phenoxy) is 1. The Bertz CT molecular complexity index is 387. The zero-order valence-corrected chi connectivity index (χ0v) is 14.4. The van der Waals surface area contributed by atoms with Gasteiger partial charge in [-0.3, -0.25) is 0 Å². The highest BCUT2D eigenvalue weighted by Gasteiger charge is 2.26. The van der Waals surface area contributed by atoms with Crippen LogP contribution in [0.1, 0.15) is 59.3 Å². The van der Waals surface area contributed by atoms with Gasteiger partial charge < -0.3 is 15.0 Å². The molecule has 0 saturated carbocycles. The van der Waals surface area contributed by atoms with Crippen molar-refractivity contribution in [1.82, 2.24) is 10.2 Å². The topological polar surface area (TPSA) is 41.6 Å². The smallest absolute Gasteiger partial charge is 0.410 e. The van der Waals surface area contributed by atoms with Crippen molar-refractivity contribution in [3.63, 3.8) is 0 Å². The lowest BCUT2D eigenvalue weighted by Gasteiger charge is -2.29. The molecule has 0 aromatic carbocycles. The van der Waals surface area contributed by atoms with Crippen molar-refractivity contribution < 1.29 is 9.53 Å². The average Bonchev–Trinajstić information content (AvgIpc) is 2.70. The Morgan fingerprint density at radius 1 is 1.27 bits per heavy atom. The Hall–Kier alpha value is -1.03. The summed E-state index contributed by atoms with van der Waals surface area (Å²) in [4.78, 5) is 14.2. The maximum Gasteiger partial charge on any atom is 0.410 e. The number of allylic oxidation sites excluding steroid dienone is 2. The maximum absolute atomic E-state index is 12.3. The van der Waals surface area contributed by atoms with Gasteiger partial charge in [0.25, 0.3) is 0 Å². The predicted octanol–water partition coefficient (Wildman–Crippen LogP) is 3.72. The minimum absolute atomic E-state index is 0.165. The highest BCUT2D eigenvalue weighted by Crippen LogP contribution is 2.19. The van der Waals surface area contributed by atoms with Crippen LogP contribution in [-0.4, -0.2) is 42.3 Å². The Morgan fingerprint density at radius 3 is 2.77 bits per heavy atom. The standard InChI is InChI=1S/C18H32N2O2/c1-18(2,3)22-17(21)20-12-8-7-11-16(14-20)19-13-15-9-5-4-6-10-15/h4-5,15-16,19H,6-14H2,1-3H3. The SMILES string of the molecule is CC(C)(C)OC(=O)N1CCCCC(NCC2CC=CCC2)C1. The van der Waals surface area contributed by atoms with Crippen molar-refractivity contribution in [3.8, 4) is 0 Å². The lowest BCUT2D eigenvalue weighted by Crippen LogP contribution is -2.45. The Morgan fingerprint density at radius 2 is 2.09 bits per heavy atom. The molecule has 1 aliphatic heterocycles. The highest BCUT2D eigenvalue weighted by molar-refractivity contribution is 5.68. The van der Waals surface area contributed by atoms with E-state index >= 15 is 0 Å². The molecule has 1 fully saturated rings. The van der Waals surface area contributed by atoms with Crippen LogP contribution in [0.5, 0.6) is 0 Å². The molecule has 126 valence electrons. The molecule has 2 rings (SSSR count). The molecular formula is C18H32N2O2. The third kappa shape index (κ3) is 5.99. The summed E-state index contributed by atoms with van der Waals surface area (Å²) in [5.41, 5.74) is -0.416. The van der Waals surface area contributed by atoms with E-state index in [1.165, 1.54) is 25.7 Å². The van der Waals surface area contributed by atoms with Gasteiger partial charge in [-0.05, 0) is 65.3 Å². The number of hydrogen-bond acceptors (Lipinski definition) is 3. The summed E-state index contributed by atoms with van der Waals surface area (Å²) in [6, 6.07) is 0.404. The van der Waals surface area contributed by atoms with Crippen molar-refractivity contribution in [3.05, 3.63) is 12.2 Å². The van der Waals surface area contributed by atoms with E-state index in [-0.39, 0.29) is 6.09 Å². The van der Waals surface area contributed by atoms with Gasteiger partial charge in [-0.2, -0.15) is 0 Å². The number of hydrogen-bond donors (Lipinski definition) is 1. The van der Waals surface area contributed by atoms with Crippen LogP contribution in [-0.2, 0) is 4.74 Å². The fourth-order valence-electron chi connectivity index (χ4n) is 3.18. The van der Waals surface area contributed by atoms with Crippen LogP contribution in [0.15, 0.2) is 12.2 Å². The monoisotopic (exact) mass is 308 g/mol. The second-order valence-corrected chi connectivity index (χ2v) is 7.68. The van der Waals surface area contributed by atoms with E-state index in [0.29, 0.717) is 6.04 Å². The fourth-order valence-corrected chi connectivity index (χ4v) is 3.18. The zero-order chi connectivity index (χ0) is 16.0. The average molecular weight is 308 g/mol. The maximum atomic E-state index is 12.3. The number of carbonyl (C=O) groups is 1. The molecule has 0 bridgehead atoms. The van der Waals surface area contributed by atoms with Crippen molar-refractivity contribution >= 4 is 6.09 Å². The van der Waals surface area contributed by atoms with Crippen LogP contribution < -0.4 is 5.32 Å². The van der Waals surface area contributed by atoms with Crippen LogP contribution in [0.4, 0.5) is 4.79 Å². The first-order chi connectivity index (χ1) is 10.4. The molecule has 0 aromatic rings. The first-order valence-corrected chi connectivity index (χ1v) is 8.80. The minimum Gasteiger partial charge on any atom is -0.444 e. The number of nitrogens with zero attached hydrogens (tertiary/aromatic N) is 1. The Kier molecular flexibility index (Phi) is 6.30. The van der Waals surface area contributed by atoms with E-state index in [0.717, 1.165) is 38.4 Å². The lowest BCUT2D eigenvalue weighted by molar-refractivity contribution is 0.0243. The van der Waals surface area contributed by atoms with Crippen molar-refractivity contribution in [2.24, 2.45) is 5.92 Å². The molecule has 1 N–H and O–H groups in total. The van der Waals surface area contributed by atoms with Crippen LogP contribution in [0, 0.1) is 5.92 Å².